The molecule has 114 valence electrons. The van der Waals surface area contributed by atoms with Crippen molar-refractivity contribution < 1.29 is 4.74 Å². The molecule has 1 fully saturated rings. The highest BCUT2D eigenvalue weighted by Gasteiger charge is 2.20. The van der Waals surface area contributed by atoms with Gasteiger partial charge in [-0.3, -0.25) is 0 Å². The van der Waals surface area contributed by atoms with Gasteiger partial charge in [0.2, 0.25) is 0 Å². The van der Waals surface area contributed by atoms with Crippen molar-refractivity contribution in [3.63, 3.8) is 0 Å². The molecule has 3 rings (SSSR count). The number of anilines is 1. The first-order chi connectivity index (χ1) is 10.1. The molecule has 3 heterocycles. The lowest BCUT2D eigenvalue weighted by atomic mass is 10.3. The molecule has 1 saturated heterocycles. The molecule has 0 aromatic carbocycles. The third-order valence-electron chi connectivity index (χ3n) is 3.68. The smallest absolute Gasteiger partial charge is 0.158 e. The van der Waals surface area contributed by atoms with Gasteiger partial charge in [0.25, 0.3) is 0 Å². The minimum absolute atomic E-state index is 0.503. The Morgan fingerprint density at radius 2 is 2.00 bits per heavy atom. The molecule has 21 heavy (non-hydrogen) atoms. The molecule has 0 amide bonds. The number of aryl methyl sites for hydroxylation is 1. The van der Waals surface area contributed by atoms with Gasteiger partial charge in [-0.1, -0.05) is 11.6 Å². The Morgan fingerprint density at radius 3 is 2.67 bits per heavy atom. The summed E-state index contributed by atoms with van der Waals surface area (Å²) in [6.45, 7) is 3.86. The van der Waals surface area contributed by atoms with Gasteiger partial charge in [0.1, 0.15) is 16.5 Å². The van der Waals surface area contributed by atoms with Crippen molar-refractivity contribution in [3.05, 3.63) is 17.0 Å². The van der Waals surface area contributed by atoms with Gasteiger partial charge >= 0.3 is 0 Å². The summed E-state index contributed by atoms with van der Waals surface area (Å²) in [5, 5.41) is 0.503. The van der Waals surface area contributed by atoms with E-state index >= 15 is 0 Å². The molecule has 0 N–H and O–H groups in total. The number of aromatic nitrogens is 3. The number of halogens is 1. The predicted octanol–water partition coefficient (Wildman–Crippen LogP) is 1.52. The van der Waals surface area contributed by atoms with Crippen LogP contribution >= 0.6 is 11.6 Å². The molecule has 2 aromatic rings. The van der Waals surface area contributed by atoms with Crippen molar-refractivity contribution in [2.24, 2.45) is 7.05 Å². The molecule has 0 aliphatic carbocycles. The predicted molar refractivity (Wildman–Crippen MR) is 83.9 cm³/mol. The van der Waals surface area contributed by atoms with Crippen LogP contribution in [0.5, 0.6) is 0 Å². The van der Waals surface area contributed by atoms with Crippen LogP contribution in [0.2, 0.25) is 5.15 Å². The molecule has 0 spiro atoms. The molecule has 7 heteroatoms. The summed E-state index contributed by atoms with van der Waals surface area (Å²) in [4.78, 5) is 13.6. The van der Waals surface area contributed by atoms with Gasteiger partial charge in [-0.25, -0.2) is 9.97 Å². The highest BCUT2D eigenvalue weighted by molar-refractivity contribution is 6.30. The summed E-state index contributed by atoms with van der Waals surface area (Å²) in [7, 11) is 6.09. The Bertz CT molecular complexity index is 648. The second-order valence-electron chi connectivity index (χ2n) is 5.56. The van der Waals surface area contributed by atoms with Crippen LogP contribution in [0.3, 0.4) is 0 Å². The van der Waals surface area contributed by atoms with Gasteiger partial charge in [-0.2, -0.15) is 0 Å². The number of hydrogen-bond acceptors (Lipinski definition) is 5. The number of hydrogen-bond donors (Lipinski definition) is 0. The van der Waals surface area contributed by atoms with E-state index in [9.17, 15) is 0 Å². The molecule has 0 bridgehead atoms. The van der Waals surface area contributed by atoms with Crippen LogP contribution in [0, 0.1) is 0 Å². The quantitative estimate of drug-likeness (QED) is 0.805. The van der Waals surface area contributed by atoms with Crippen molar-refractivity contribution in [2.75, 3.05) is 45.3 Å². The van der Waals surface area contributed by atoms with Crippen LogP contribution in [0.15, 0.2) is 6.07 Å². The SMILES string of the molecule is CN(C)Cc1nc2c(N3CCOCC3)nc(Cl)cc2n1C. The highest BCUT2D eigenvalue weighted by atomic mass is 35.5. The Balaban J connectivity index is 2.10. The number of ether oxygens (including phenoxy) is 1. The van der Waals surface area contributed by atoms with Crippen molar-refractivity contribution >= 4 is 28.5 Å². The third kappa shape index (κ3) is 2.84. The lowest BCUT2D eigenvalue weighted by Crippen LogP contribution is -2.36. The van der Waals surface area contributed by atoms with E-state index in [1.807, 2.05) is 27.2 Å². The topological polar surface area (TPSA) is 46.4 Å². The molecule has 0 unspecified atom stereocenters. The zero-order valence-electron chi connectivity index (χ0n) is 12.6. The van der Waals surface area contributed by atoms with E-state index in [0.29, 0.717) is 18.4 Å². The van der Waals surface area contributed by atoms with Crippen LogP contribution in [-0.4, -0.2) is 59.8 Å². The molecular weight excluding hydrogens is 290 g/mol. The summed E-state index contributed by atoms with van der Waals surface area (Å²) in [5.74, 6) is 1.87. The average Bonchev–Trinajstić information content (AvgIpc) is 2.76. The first-order valence-corrected chi connectivity index (χ1v) is 7.43. The van der Waals surface area contributed by atoms with E-state index in [-0.39, 0.29) is 0 Å². The van der Waals surface area contributed by atoms with E-state index in [4.69, 9.17) is 21.3 Å². The van der Waals surface area contributed by atoms with E-state index in [1.54, 1.807) is 0 Å². The number of pyridine rings is 1. The van der Waals surface area contributed by atoms with Gasteiger partial charge in [0.15, 0.2) is 5.82 Å². The average molecular weight is 310 g/mol. The second-order valence-corrected chi connectivity index (χ2v) is 5.95. The van der Waals surface area contributed by atoms with Crippen molar-refractivity contribution in [3.8, 4) is 0 Å². The van der Waals surface area contributed by atoms with E-state index < -0.39 is 0 Å². The third-order valence-corrected chi connectivity index (χ3v) is 3.87. The minimum atomic E-state index is 0.503. The summed E-state index contributed by atoms with van der Waals surface area (Å²) in [5.41, 5.74) is 1.94. The fraction of sp³-hybridized carbons (Fsp3) is 0.571. The molecular formula is C14H20ClN5O. The van der Waals surface area contributed by atoms with Crippen molar-refractivity contribution in [1.82, 2.24) is 19.4 Å². The monoisotopic (exact) mass is 309 g/mol. The van der Waals surface area contributed by atoms with E-state index in [1.165, 1.54) is 0 Å². The summed E-state index contributed by atoms with van der Waals surface area (Å²) >= 11 is 6.21. The van der Waals surface area contributed by atoms with E-state index in [2.05, 4.69) is 19.4 Å². The summed E-state index contributed by atoms with van der Waals surface area (Å²) in [6.07, 6.45) is 0. The second kappa shape index (κ2) is 5.79. The maximum absolute atomic E-state index is 6.21. The molecule has 0 saturated carbocycles. The Hall–Kier alpha value is -1.37. The lowest BCUT2D eigenvalue weighted by molar-refractivity contribution is 0.122. The van der Waals surface area contributed by atoms with Crippen LogP contribution in [-0.2, 0) is 18.3 Å². The van der Waals surface area contributed by atoms with E-state index in [0.717, 1.165) is 42.3 Å². The fourth-order valence-corrected chi connectivity index (χ4v) is 2.79. The molecule has 0 radical (unpaired) electrons. The first-order valence-electron chi connectivity index (χ1n) is 7.05. The number of nitrogens with zero attached hydrogens (tertiary/aromatic N) is 5. The number of imidazole rings is 1. The summed E-state index contributed by atoms with van der Waals surface area (Å²) < 4.78 is 7.50. The highest BCUT2D eigenvalue weighted by Crippen LogP contribution is 2.28. The molecule has 0 atom stereocenters. The Kier molecular flexibility index (Phi) is 4.01. The largest absolute Gasteiger partial charge is 0.378 e. The zero-order valence-corrected chi connectivity index (χ0v) is 13.4. The van der Waals surface area contributed by atoms with Crippen LogP contribution in [0.1, 0.15) is 5.82 Å². The van der Waals surface area contributed by atoms with Crippen LogP contribution in [0.4, 0.5) is 5.82 Å². The van der Waals surface area contributed by atoms with Gasteiger partial charge in [0.05, 0.1) is 25.3 Å². The maximum atomic E-state index is 6.21. The van der Waals surface area contributed by atoms with Gasteiger partial charge in [-0.15, -0.1) is 0 Å². The number of fused-ring (bicyclic) bond motifs is 1. The van der Waals surface area contributed by atoms with Crippen molar-refractivity contribution in [1.29, 1.82) is 0 Å². The first kappa shape index (κ1) is 14.6. The summed E-state index contributed by atoms with van der Waals surface area (Å²) in [6, 6.07) is 1.88. The van der Waals surface area contributed by atoms with Gasteiger partial charge in [-0.05, 0) is 14.1 Å². The zero-order chi connectivity index (χ0) is 15.0. The molecule has 1 aliphatic heterocycles. The normalized spacial score (nSPS) is 16.1. The maximum Gasteiger partial charge on any atom is 0.158 e. The van der Waals surface area contributed by atoms with Crippen LogP contribution in [0.25, 0.3) is 11.0 Å². The van der Waals surface area contributed by atoms with Crippen molar-refractivity contribution in [2.45, 2.75) is 6.54 Å². The Morgan fingerprint density at radius 1 is 1.29 bits per heavy atom. The number of rotatable bonds is 3. The molecule has 1 aliphatic rings. The minimum Gasteiger partial charge on any atom is -0.378 e. The Labute approximate surface area is 129 Å². The standard InChI is InChI=1S/C14H20ClN5O/c1-18(2)9-12-17-13-10(19(12)3)8-11(15)16-14(13)20-4-6-21-7-5-20/h8H,4-7,9H2,1-3H3. The fourth-order valence-electron chi connectivity index (χ4n) is 2.61. The molecule has 2 aromatic heterocycles. The van der Waals surface area contributed by atoms with Crippen LogP contribution < -0.4 is 4.90 Å². The van der Waals surface area contributed by atoms with Gasteiger partial charge in [0, 0.05) is 26.2 Å². The number of morpholine rings is 1. The molecule has 6 nitrogen and oxygen atoms in total. The van der Waals surface area contributed by atoms with Gasteiger partial charge < -0.3 is 19.1 Å². The lowest BCUT2D eigenvalue weighted by Gasteiger charge is -2.28.